The predicted octanol–water partition coefficient (Wildman–Crippen LogP) is 2.25. The Kier molecular flexibility index (Phi) is 2.71. The average Bonchev–Trinajstić information content (AvgIpc) is 2.70. The normalized spacial score (nSPS) is 17.2. The molecule has 0 saturated carbocycles. The van der Waals surface area contributed by atoms with Crippen molar-refractivity contribution in [2.24, 2.45) is 0 Å². The first-order chi connectivity index (χ1) is 6.40. The van der Waals surface area contributed by atoms with E-state index >= 15 is 0 Å². The van der Waals surface area contributed by atoms with Gasteiger partial charge in [0.15, 0.2) is 0 Å². The third-order valence-electron chi connectivity index (χ3n) is 1.60. The lowest BCUT2D eigenvalue weighted by atomic mass is 10.5. The van der Waals surface area contributed by atoms with Crippen LogP contribution in [0, 0.1) is 0 Å². The molecule has 0 spiro atoms. The number of alkyl halides is 1. The highest BCUT2D eigenvalue weighted by Gasteiger charge is 2.10. The van der Waals surface area contributed by atoms with E-state index in [2.05, 4.69) is 21.0 Å². The number of thiol groups is 1. The molecule has 0 bridgehead atoms. The number of hydrogen-bond acceptors (Lipinski definition) is 3. The average molecular weight is 217 g/mol. The van der Waals surface area contributed by atoms with Crippen molar-refractivity contribution < 1.29 is 4.52 Å². The molecule has 0 unspecified atom stereocenters. The molecule has 3 nitrogen and oxygen atoms in total. The standard InChI is InChI=1S/C8H9ClN2OS/c9-4-3-7-10-8(11-12-7)13-5-1-2-6-13/h1-2,5-6,13H,3-4H2. The zero-order valence-electron chi connectivity index (χ0n) is 6.85. The van der Waals surface area contributed by atoms with Crippen molar-refractivity contribution in [1.29, 1.82) is 0 Å². The first-order valence-electron chi connectivity index (χ1n) is 3.92. The van der Waals surface area contributed by atoms with Crippen LogP contribution in [0.2, 0.25) is 0 Å². The van der Waals surface area contributed by atoms with Crippen molar-refractivity contribution in [2.75, 3.05) is 5.88 Å². The van der Waals surface area contributed by atoms with Crippen LogP contribution in [0.4, 0.5) is 0 Å². The van der Waals surface area contributed by atoms with Crippen LogP contribution < -0.4 is 0 Å². The molecule has 0 aromatic carbocycles. The van der Waals surface area contributed by atoms with Crippen molar-refractivity contribution in [3.8, 4) is 0 Å². The lowest BCUT2D eigenvalue weighted by Gasteiger charge is -2.00. The minimum Gasteiger partial charge on any atom is -0.338 e. The van der Waals surface area contributed by atoms with Crippen molar-refractivity contribution >= 4 is 22.5 Å². The summed E-state index contributed by atoms with van der Waals surface area (Å²) >= 11 is 5.55. The summed E-state index contributed by atoms with van der Waals surface area (Å²) in [4.78, 5) is 4.25. The molecule has 0 N–H and O–H groups in total. The Morgan fingerprint density at radius 1 is 1.38 bits per heavy atom. The molecule has 2 heterocycles. The van der Waals surface area contributed by atoms with Crippen molar-refractivity contribution in [2.45, 2.75) is 11.6 Å². The van der Waals surface area contributed by atoms with Gasteiger partial charge in [0.25, 0.3) is 0 Å². The third kappa shape index (κ3) is 1.95. The molecule has 2 rings (SSSR count). The Balaban J connectivity index is 2.13. The topological polar surface area (TPSA) is 38.9 Å². The first-order valence-corrected chi connectivity index (χ1v) is 5.93. The lowest BCUT2D eigenvalue weighted by Crippen LogP contribution is -1.85. The van der Waals surface area contributed by atoms with E-state index in [0.29, 0.717) is 18.2 Å². The van der Waals surface area contributed by atoms with Gasteiger partial charge in [-0.05, 0) is 10.8 Å². The molecule has 70 valence electrons. The summed E-state index contributed by atoms with van der Waals surface area (Å²) in [7, 11) is -0.450. The number of aromatic nitrogens is 2. The smallest absolute Gasteiger partial charge is 0.228 e. The van der Waals surface area contributed by atoms with Crippen LogP contribution in [-0.4, -0.2) is 16.0 Å². The number of allylic oxidation sites excluding steroid dienone is 2. The van der Waals surface area contributed by atoms with Crippen molar-refractivity contribution in [3.05, 3.63) is 28.9 Å². The maximum Gasteiger partial charge on any atom is 0.228 e. The number of aryl methyl sites for hydroxylation is 1. The number of hydrogen-bond donors (Lipinski definition) is 1. The van der Waals surface area contributed by atoms with Gasteiger partial charge in [-0.25, -0.2) is 0 Å². The lowest BCUT2D eigenvalue weighted by molar-refractivity contribution is 0.372. The van der Waals surface area contributed by atoms with Crippen LogP contribution in [0.5, 0.6) is 0 Å². The van der Waals surface area contributed by atoms with E-state index in [1.165, 1.54) is 0 Å². The molecule has 5 heteroatoms. The van der Waals surface area contributed by atoms with Crippen molar-refractivity contribution in [3.63, 3.8) is 0 Å². The zero-order valence-corrected chi connectivity index (χ0v) is 8.50. The number of halogens is 1. The van der Waals surface area contributed by atoms with Gasteiger partial charge in [-0.2, -0.15) is 4.98 Å². The second-order valence-electron chi connectivity index (χ2n) is 2.52. The third-order valence-corrected chi connectivity index (χ3v) is 3.42. The van der Waals surface area contributed by atoms with Crippen LogP contribution in [0.1, 0.15) is 5.89 Å². The fraction of sp³-hybridized carbons (Fsp3) is 0.250. The Morgan fingerprint density at radius 2 is 2.15 bits per heavy atom. The molecule has 0 amide bonds. The van der Waals surface area contributed by atoms with Crippen LogP contribution in [0.15, 0.2) is 32.6 Å². The highest BCUT2D eigenvalue weighted by molar-refractivity contribution is 8.22. The fourth-order valence-corrected chi connectivity index (χ4v) is 2.46. The molecular weight excluding hydrogens is 208 g/mol. The van der Waals surface area contributed by atoms with Crippen LogP contribution in [-0.2, 0) is 6.42 Å². The zero-order chi connectivity index (χ0) is 9.10. The Labute approximate surface area is 83.8 Å². The van der Waals surface area contributed by atoms with E-state index in [-0.39, 0.29) is 0 Å². The highest BCUT2D eigenvalue weighted by Crippen LogP contribution is 2.39. The van der Waals surface area contributed by atoms with Gasteiger partial charge in [0.05, 0.1) is 0 Å². The molecule has 0 radical (unpaired) electrons. The fourth-order valence-electron chi connectivity index (χ4n) is 1.00. The molecule has 1 aromatic heterocycles. The minimum atomic E-state index is -0.450. The molecule has 0 atom stereocenters. The van der Waals surface area contributed by atoms with Crippen LogP contribution in [0.3, 0.4) is 0 Å². The van der Waals surface area contributed by atoms with Gasteiger partial charge < -0.3 is 4.52 Å². The van der Waals surface area contributed by atoms with E-state index in [0.717, 1.165) is 5.16 Å². The predicted molar refractivity (Wildman–Crippen MR) is 54.3 cm³/mol. The monoisotopic (exact) mass is 216 g/mol. The second-order valence-corrected chi connectivity index (χ2v) is 4.71. The highest BCUT2D eigenvalue weighted by atomic mass is 35.5. The van der Waals surface area contributed by atoms with E-state index in [9.17, 15) is 0 Å². The summed E-state index contributed by atoms with van der Waals surface area (Å²) in [6.07, 6.45) is 4.65. The summed E-state index contributed by atoms with van der Waals surface area (Å²) in [5.41, 5.74) is 0. The van der Waals surface area contributed by atoms with Crippen molar-refractivity contribution in [1.82, 2.24) is 10.1 Å². The van der Waals surface area contributed by atoms with E-state index in [1.54, 1.807) is 0 Å². The number of nitrogens with zero attached hydrogens (tertiary/aromatic N) is 2. The summed E-state index contributed by atoms with van der Waals surface area (Å²) in [5, 5.41) is 8.85. The van der Waals surface area contributed by atoms with Gasteiger partial charge in [0.1, 0.15) is 0 Å². The Bertz CT molecular complexity index is 336. The van der Waals surface area contributed by atoms with Gasteiger partial charge in [-0.1, -0.05) is 17.3 Å². The minimum absolute atomic E-state index is 0.450. The molecule has 1 aliphatic rings. The van der Waals surface area contributed by atoms with E-state index in [4.69, 9.17) is 16.1 Å². The first kappa shape index (κ1) is 8.84. The SMILES string of the molecule is ClCCc1nc([SH]2C=CC=C2)no1. The van der Waals surface area contributed by atoms with Gasteiger partial charge in [0.2, 0.25) is 11.0 Å². The summed E-state index contributed by atoms with van der Waals surface area (Å²) in [6, 6.07) is 0. The van der Waals surface area contributed by atoms with Crippen LogP contribution >= 0.6 is 22.5 Å². The maximum atomic E-state index is 5.55. The van der Waals surface area contributed by atoms with Gasteiger partial charge in [-0.15, -0.1) is 22.5 Å². The van der Waals surface area contributed by atoms with E-state index < -0.39 is 10.9 Å². The largest absolute Gasteiger partial charge is 0.338 e. The van der Waals surface area contributed by atoms with Crippen LogP contribution in [0.25, 0.3) is 0 Å². The molecule has 1 aromatic rings. The molecule has 0 saturated heterocycles. The van der Waals surface area contributed by atoms with Gasteiger partial charge in [-0.3, -0.25) is 0 Å². The number of rotatable bonds is 3. The summed E-state index contributed by atoms with van der Waals surface area (Å²) in [6.45, 7) is 0. The quantitative estimate of drug-likeness (QED) is 0.622. The molecular formula is C8H9ClN2OS. The Morgan fingerprint density at radius 3 is 2.85 bits per heavy atom. The maximum absolute atomic E-state index is 5.55. The molecule has 0 aliphatic carbocycles. The molecule has 13 heavy (non-hydrogen) atoms. The van der Waals surface area contributed by atoms with Gasteiger partial charge in [0, 0.05) is 12.3 Å². The molecule has 1 aliphatic heterocycles. The second kappa shape index (κ2) is 3.98. The Hall–Kier alpha value is -0.740. The van der Waals surface area contributed by atoms with Gasteiger partial charge >= 0.3 is 0 Å². The summed E-state index contributed by atoms with van der Waals surface area (Å²) < 4.78 is 5.02. The van der Waals surface area contributed by atoms with E-state index in [1.807, 2.05) is 12.2 Å². The summed E-state index contributed by atoms with van der Waals surface area (Å²) in [5.74, 6) is 1.15. The molecule has 0 fully saturated rings.